The van der Waals surface area contributed by atoms with Crippen molar-refractivity contribution in [2.45, 2.75) is 63.8 Å². The van der Waals surface area contributed by atoms with Crippen LogP contribution in [0.2, 0.25) is 0 Å². The van der Waals surface area contributed by atoms with E-state index in [-0.39, 0.29) is 30.1 Å². The van der Waals surface area contributed by atoms with Gasteiger partial charge in [-0.15, -0.1) is 12.4 Å². The normalized spacial score (nSPS) is 19.4. The Bertz CT molecular complexity index is 1020. The number of rotatable bonds is 10. The van der Waals surface area contributed by atoms with Gasteiger partial charge in [0, 0.05) is 36.6 Å². The number of para-hydroxylation sites is 1. The zero-order valence-corrected chi connectivity index (χ0v) is 21.7. The number of H-pyrrole nitrogens is 1. The molecule has 2 aliphatic heterocycles. The first-order valence-corrected chi connectivity index (χ1v) is 13.1. The molecular weight excluding hydrogens is 480 g/mol. The number of halogens is 1. The molecular formula is C27H39ClN4O4. The summed E-state index contributed by atoms with van der Waals surface area (Å²) in [7, 11) is 0. The summed E-state index contributed by atoms with van der Waals surface area (Å²) in [6, 6.07) is 7.13. The summed E-state index contributed by atoms with van der Waals surface area (Å²) in [5.41, 5.74) is 2.22. The second-order valence-electron chi connectivity index (χ2n) is 10.1. The molecule has 0 radical (unpaired) electrons. The van der Waals surface area contributed by atoms with Gasteiger partial charge in [-0.25, -0.2) is 4.79 Å². The lowest BCUT2D eigenvalue weighted by Gasteiger charge is -2.33. The molecule has 2 amide bonds. The van der Waals surface area contributed by atoms with Gasteiger partial charge < -0.3 is 25.6 Å². The number of hydrogen-bond donors (Lipinski definition) is 4. The van der Waals surface area contributed by atoms with Crippen molar-refractivity contribution in [3.05, 3.63) is 36.0 Å². The van der Waals surface area contributed by atoms with Gasteiger partial charge in [-0.3, -0.25) is 9.59 Å². The van der Waals surface area contributed by atoms with Crippen molar-refractivity contribution in [1.82, 2.24) is 20.5 Å². The van der Waals surface area contributed by atoms with Crippen molar-refractivity contribution in [3.8, 4) is 0 Å². The number of carbonyl (C=O) groups excluding carboxylic acids is 2. The van der Waals surface area contributed by atoms with Crippen molar-refractivity contribution in [1.29, 1.82) is 0 Å². The van der Waals surface area contributed by atoms with Crippen LogP contribution in [0.4, 0.5) is 0 Å². The average Bonchev–Trinajstić information content (AvgIpc) is 3.30. The molecule has 198 valence electrons. The van der Waals surface area contributed by atoms with E-state index in [0.29, 0.717) is 44.7 Å². The highest BCUT2D eigenvalue weighted by Crippen LogP contribution is 2.23. The number of fused-ring (bicyclic) bond motifs is 1. The third-order valence-electron chi connectivity index (χ3n) is 7.60. The van der Waals surface area contributed by atoms with Gasteiger partial charge in [0.15, 0.2) is 0 Å². The molecule has 0 unspecified atom stereocenters. The predicted molar refractivity (Wildman–Crippen MR) is 142 cm³/mol. The number of likely N-dealkylation sites (tertiary alicyclic amines) is 1. The fourth-order valence-electron chi connectivity index (χ4n) is 5.46. The molecule has 2 saturated heterocycles. The zero-order chi connectivity index (χ0) is 24.6. The van der Waals surface area contributed by atoms with Crippen molar-refractivity contribution in [3.63, 3.8) is 0 Å². The highest BCUT2D eigenvalue weighted by Gasteiger charge is 2.31. The third kappa shape index (κ3) is 7.46. The number of benzene rings is 1. The molecule has 9 heteroatoms. The second-order valence-corrected chi connectivity index (χ2v) is 10.1. The van der Waals surface area contributed by atoms with E-state index in [1.54, 1.807) is 0 Å². The Labute approximate surface area is 219 Å². The largest absolute Gasteiger partial charge is 0.480 e. The van der Waals surface area contributed by atoms with Gasteiger partial charge in [0.05, 0.1) is 5.92 Å². The number of aromatic amines is 1. The lowest BCUT2D eigenvalue weighted by Crippen LogP contribution is -2.49. The number of carbonyl (C=O) groups is 3. The average molecular weight is 519 g/mol. The first-order chi connectivity index (χ1) is 17.0. The van der Waals surface area contributed by atoms with Crippen LogP contribution < -0.4 is 10.6 Å². The number of nitrogens with one attached hydrogen (secondary N) is 3. The van der Waals surface area contributed by atoms with E-state index in [4.69, 9.17) is 0 Å². The number of amides is 2. The highest BCUT2D eigenvalue weighted by molar-refractivity contribution is 5.86. The number of hydrogen-bond acceptors (Lipinski definition) is 4. The van der Waals surface area contributed by atoms with E-state index in [0.717, 1.165) is 61.7 Å². The molecule has 0 aliphatic carbocycles. The minimum absolute atomic E-state index is 0. The molecule has 36 heavy (non-hydrogen) atoms. The summed E-state index contributed by atoms with van der Waals surface area (Å²) in [5, 5.41) is 16.9. The Balaban J connectivity index is 0.00000361. The molecule has 2 aromatic rings. The monoisotopic (exact) mass is 518 g/mol. The summed E-state index contributed by atoms with van der Waals surface area (Å²) in [5.74, 6) is -0.885. The Hall–Kier alpha value is -2.58. The molecule has 0 spiro atoms. The molecule has 4 rings (SSSR count). The van der Waals surface area contributed by atoms with Crippen molar-refractivity contribution in [2.24, 2.45) is 11.8 Å². The van der Waals surface area contributed by atoms with E-state index >= 15 is 0 Å². The van der Waals surface area contributed by atoms with E-state index in [2.05, 4.69) is 21.7 Å². The van der Waals surface area contributed by atoms with Crippen LogP contribution in [-0.4, -0.2) is 65.0 Å². The highest BCUT2D eigenvalue weighted by atomic mass is 35.5. The molecule has 2 aliphatic rings. The van der Waals surface area contributed by atoms with Crippen LogP contribution in [0.3, 0.4) is 0 Å². The summed E-state index contributed by atoms with van der Waals surface area (Å²) < 4.78 is 0. The Morgan fingerprint density at radius 2 is 1.92 bits per heavy atom. The fourth-order valence-corrected chi connectivity index (χ4v) is 5.46. The standard InChI is InChI=1S/C27H38N4O4.ClH/c32-25(11-10-19-12-14-28-15-13-19)31-16-4-6-21(18-31)26(33)30-24(27(34)35)9-3-5-20-17-29-23-8-2-1-7-22(20)23;/h1-2,7-8,17,19,21,24,28-29H,3-6,9-16,18H2,(H,30,33)(H,34,35);1H/t21-,24+;/m1./s1. The first kappa shape index (κ1) is 28.0. The van der Waals surface area contributed by atoms with Crippen molar-refractivity contribution in [2.75, 3.05) is 26.2 Å². The van der Waals surface area contributed by atoms with Crippen LogP contribution >= 0.6 is 12.4 Å². The number of carboxylic acids is 1. The SMILES string of the molecule is Cl.O=C(N[C@@H](CCCc1c[nH]c2ccccc12)C(=O)O)[C@@H]1CCCN(C(=O)CCC2CCNCC2)C1. The van der Waals surface area contributed by atoms with Crippen molar-refractivity contribution < 1.29 is 19.5 Å². The van der Waals surface area contributed by atoms with E-state index in [9.17, 15) is 19.5 Å². The maximum Gasteiger partial charge on any atom is 0.326 e. The number of carboxylic acid groups (broad SMARTS) is 1. The van der Waals surface area contributed by atoms with E-state index < -0.39 is 12.0 Å². The lowest BCUT2D eigenvalue weighted by molar-refractivity contribution is -0.144. The summed E-state index contributed by atoms with van der Waals surface area (Å²) in [4.78, 5) is 42.6. The number of aliphatic carboxylic acids is 1. The topological polar surface area (TPSA) is 115 Å². The van der Waals surface area contributed by atoms with Gasteiger partial charge in [-0.05, 0) is 82.0 Å². The smallest absolute Gasteiger partial charge is 0.326 e. The van der Waals surface area contributed by atoms with Crippen LogP contribution in [0.5, 0.6) is 0 Å². The molecule has 0 saturated carbocycles. The summed E-state index contributed by atoms with van der Waals surface area (Å²) in [6.07, 6.45) is 8.88. The van der Waals surface area contributed by atoms with Gasteiger partial charge in [0.1, 0.15) is 6.04 Å². The fraction of sp³-hybridized carbons (Fsp3) is 0.593. The number of aryl methyl sites for hydroxylation is 1. The molecule has 4 N–H and O–H groups in total. The van der Waals surface area contributed by atoms with Crippen LogP contribution in [0.25, 0.3) is 10.9 Å². The summed E-state index contributed by atoms with van der Waals surface area (Å²) in [6.45, 7) is 3.12. The second kappa shape index (κ2) is 13.7. The number of piperidine rings is 2. The van der Waals surface area contributed by atoms with Gasteiger partial charge in [-0.2, -0.15) is 0 Å². The number of nitrogens with zero attached hydrogens (tertiary/aromatic N) is 1. The van der Waals surface area contributed by atoms with E-state index in [1.165, 1.54) is 0 Å². The Morgan fingerprint density at radius 3 is 2.69 bits per heavy atom. The molecule has 3 heterocycles. The summed E-state index contributed by atoms with van der Waals surface area (Å²) >= 11 is 0. The van der Waals surface area contributed by atoms with Gasteiger partial charge in [0.2, 0.25) is 11.8 Å². The van der Waals surface area contributed by atoms with Crippen molar-refractivity contribution >= 4 is 41.1 Å². The van der Waals surface area contributed by atoms with Crippen LogP contribution in [0, 0.1) is 11.8 Å². The first-order valence-electron chi connectivity index (χ1n) is 13.1. The Kier molecular flexibility index (Phi) is 10.6. The zero-order valence-electron chi connectivity index (χ0n) is 20.8. The Morgan fingerprint density at radius 1 is 1.14 bits per heavy atom. The quantitative estimate of drug-likeness (QED) is 0.384. The molecule has 8 nitrogen and oxygen atoms in total. The van der Waals surface area contributed by atoms with E-state index in [1.807, 2.05) is 29.3 Å². The molecule has 2 fully saturated rings. The molecule has 2 atom stereocenters. The van der Waals surface area contributed by atoms with Crippen LogP contribution in [0.1, 0.15) is 56.9 Å². The minimum Gasteiger partial charge on any atom is -0.480 e. The predicted octanol–water partition coefficient (Wildman–Crippen LogP) is 3.50. The van der Waals surface area contributed by atoms with Gasteiger partial charge in [-0.1, -0.05) is 18.2 Å². The third-order valence-corrected chi connectivity index (χ3v) is 7.60. The van der Waals surface area contributed by atoms with Crippen LogP contribution in [-0.2, 0) is 20.8 Å². The maximum atomic E-state index is 12.9. The molecule has 0 bridgehead atoms. The van der Waals surface area contributed by atoms with Gasteiger partial charge >= 0.3 is 5.97 Å². The number of aromatic nitrogens is 1. The molecule has 1 aromatic carbocycles. The molecule has 1 aromatic heterocycles. The van der Waals surface area contributed by atoms with Gasteiger partial charge in [0.25, 0.3) is 0 Å². The lowest BCUT2D eigenvalue weighted by atomic mass is 9.92. The maximum absolute atomic E-state index is 12.9. The van der Waals surface area contributed by atoms with Crippen LogP contribution in [0.15, 0.2) is 30.5 Å². The minimum atomic E-state index is -1.01.